The SMILES string of the molecule is Cc1c(C(=O)Nc2ccc(S(N)(=O)=O)cc2)cnn1-c1ccccc1. The van der Waals surface area contributed by atoms with Gasteiger partial charge in [-0.2, -0.15) is 5.10 Å². The van der Waals surface area contributed by atoms with Gasteiger partial charge < -0.3 is 5.32 Å². The van der Waals surface area contributed by atoms with Crippen LogP contribution in [0.1, 0.15) is 16.1 Å². The molecule has 0 aliphatic carbocycles. The van der Waals surface area contributed by atoms with Crippen LogP contribution in [0.2, 0.25) is 0 Å². The smallest absolute Gasteiger partial charge is 0.259 e. The number of benzene rings is 2. The number of sulfonamides is 1. The van der Waals surface area contributed by atoms with Crippen molar-refractivity contribution in [2.24, 2.45) is 5.14 Å². The minimum Gasteiger partial charge on any atom is -0.322 e. The molecule has 3 aromatic rings. The van der Waals surface area contributed by atoms with Crippen molar-refractivity contribution in [2.45, 2.75) is 11.8 Å². The molecule has 0 atom stereocenters. The van der Waals surface area contributed by atoms with Gasteiger partial charge in [0.25, 0.3) is 5.91 Å². The molecule has 3 rings (SSSR count). The molecule has 0 aliphatic rings. The van der Waals surface area contributed by atoms with E-state index in [-0.39, 0.29) is 10.8 Å². The topological polar surface area (TPSA) is 107 Å². The Hall–Kier alpha value is -2.97. The number of carbonyl (C=O) groups excluding carboxylic acids is 1. The van der Waals surface area contributed by atoms with Gasteiger partial charge in [-0.05, 0) is 43.3 Å². The van der Waals surface area contributed by atoms with E-state index in [1.807, 2.05) is 30.3 Å². The second kappa shape index (κ2) is 6.50. The number of primary sulfonamides is 1. The summed E-state index contributed by atoms with van der Waals surface area (Å²) in [5.41, 5.74) is 2.45. The van der Waals surface area contributed by atoms with Crippen molar-refractivity contribution >= 4 is 21.6 Å². The van der Waals surface area contributed by atoms with Gasteiger partial charge in [-0.25, -0.2) is 18.2 Å². The molecule has 0 radical (unpaired) electrons. The average molecular weight is 356 g/mol. The number of anilines is 1. The van der Waals surface area contributed by atoms with Gasteiger partial charge in [-0.3, -0.25) is 4.79 Å². The fraction of sp³-hybridized carbons (Fsp3) is 0.0588. The molecule has 1 aromatic heterocycles. The van der Waals surface area contributed by atoms with Crippen LogP contribution >= 0.6 is 0 Å². The Morgan fingerprint density at radius 1 is 1.08 bits per heavy atom. The number of amides is 1. The molecule has 0 fully saturated rings. The summed E-state index contributed by atoms with van der Waals surface area (Å²) in [4.78, 5) is 12.4. The maximum Gasteiger partial charge on any atom is 0.259 e. The molecule has 3 N–H and O–H groups in total. The first-order valence-electron chi connectivity index (χ1n) is 7.40. The zero-order valence-corrected chi connectivity index (χ0v) is 14.2. The quantitative estimate of drug-likeness (QED) is 0.746. The summed E-state index contributed by atoms with van der Waals surface area (Å²) in [7, 11) is -3.76. The van der Waals surface area contributed by atoms with Crippen molar-refractivity contribution in [3.8, 4) is 5.69 Å². The van der Waals surface area contributed by atoms with Crippen LogP contribution in [-0.4, -0.2) is 24.1 Å². The summed E-state index contributed by atoms with van der Waals surface area (Å²) in [5, 5.41) is 12.0. The lowest BCUT2D eigenvalue weighted by Gasteiger charge is -2.07. The van der Waals surface area contributed by atoms with Crippen LogP contribution in [0.3, 0.4) is 0 Å². The molecule has 2 aromatic carbocycles. The minimum atomic E-state index is -3.76. The number of hydrogen-bond donors (Lipinski definition) is 2. The summed E-state index contributed by atoms with van der Waals surface area (Å²) in [6.07, 6.45) is 1.50. The summed E-state index contributed by atoms with van der Waals surface area (Å²) in [5.74, 6) is -0.331. The molecule has 1 heterocycles. The summed E-state index contributed by atoms with van der Waals surface area (Å²) in [6, 6.07) is 15.1. The van der Waals surface area contributed by atoms with Gasteiger partial charge in [-0.1, -0.05) is 18.2 Å². The van der Waals surface area contributed by atoms with E-state index < -0.39 is 10.0 Å². The molecule has 7 nitrogen and oxygen atoms in total. The molecule has 1 amide bonds. The Bertz CT molecular complexity index is 1010. The summed E-state index contributed by atoms with van der Waals surface area (Å²) >= 11 is 0. The van der Waals surface area contributed by atoms with Crippen LogP contribution in [0.4, 0.5) is 5.69 Å². The van der Waals surface area contributed by atoms with Crippen LogP contribution in [0.5, 0.6) is 0 Å². The second-order valence-electron chi connectivity index (χ2n) is 5.41. The number of nitrogens with two attached hydrogens (primary N) is 1. The van der Waals surface area contributed by atoms with Crippen molar-refractivity contribution in [1.29, 1.82) is 0 Å². The third-order valence-corrected chi connectivity index (χ3v) is 4.63. The standard InChI is InChI=1S/C17H16N4O3S/c1-12-16(11-19-21(12)14-5-3-2-4-6-14)17(22)20-13-7-9-15(10-8-13)25(18,23)24/h2-11H,1H3,(H,20,22)(H2,18,23,24). The highest BCUT2D eigenvalue weighted by atomic mass is 32.2. The predicted octanol–water partition coefficient (Wildman–Crippen LogP) is 2.08. The number of nitrogens with one attached hydrogen (secondary N) is 1. The lowest BCUT2D eigenvalue weighted by atomic mass is 10.2. The minimum absolute atomic E-state index is 0.0152. The molecule has 0 saturated heterocycles. The van der Waals surface area contributed by atoms with Gasteiger partial charge in [0.1, 0.15) is 0 Å². The zero-order chi connectivity index (χ0) is 18.0. The monoisotopic (exact) mass is 356 g/mol. The number of nitrogens with zero attached hydrogens (tertiary/aromatic N) is 2. The Kier molecular flexibility index (Phi) is 4.39. The van der Waals surface area contributed by atoms with Gasteiger partial charge >= 0.3 is 0 Å². The highest BCUT2D eigenvalue weighted by Gasteiger charge is 2.15. The highest BCUT2D eigenvalue weighted by molar-refractivity contribution is 7.89. The van der Waals surface area contributed by atoms with E-state index in [4.69, 9.17) is 5.14 Å². The number of rotatable bonds is 4. The van der Waals surface area contributed by atoms with Crippen LogP contribution in [0, 0.1) is 6.92 Å². The average Bonchev–Trinajstić information content (AvgIpc) is 2.97. The Labute approximate surface area is 145 Å². The maximum atomic E-state index is 12.5. The van der Waals surface area contributed by atoms with E-state index in [1.54, 1.807) is 11.6 Å². The molecule has 8 heteroatoms. The molecule has 0 bridgehead atoms. The van der Waals surface area contributed by atoms with E-state index in [0.29, 0.717) is 16.9 Å². The number of hydrogen-bond acceptors (Lipinski definition) is 4. The molecule has 0 aliphatic heterocycles. The van der Waals surface area contributed by atoms with E-state index in [9.17, 15) is 13.2 Å². The molecule has 0 saturated carbocycles. The predicted molar refractivity (Wildman–Crippen MR) is 94.1 cm³/mol. The van der Waals surface area contributed by atoms with Crippen molar-refractivity contribution in [2.75, 3.05) is 5.32 Å². The van der Waals surface area contributed by atoms with E-state index in [1.165, 1.54) is 30.5 Å². The fourth-order valence-corrected chi connectivity index (χ4v) is 2.90. The number of aromatic nitrogens is 2. The molecule has 25 heavy (non-hydrogen) atoms. The molecular weight excluding hydrogens is 340 g/mol. The van der Waals surface area contributed by atoms with Gasteiger partial charge in [0.05, 0.1) is 28.0 Å². The maximum absolute atomic E-state index is 12.5. The van der Waals surface area contributed by atoms with E-state index in [0.717, 1.165) is 5.69 Å². The molecular formula is C17H16N4O3S. The van der Waals surface area contributed by atoms with Gasteiger partial charge in [0, 0.05) is 5.69 Å². The normalized spacial score (nSPS) is 11.3. The van der Waals surface area contributed by atoms with E-state index >= 15 is 0 Å². The van der Waals surface area contributed by atoms with Crippen molar-refractivity contribution < 1.29 is 13.2 Å². The van der Waals surface area contributed by atoms with Crippen LogP contribution in [0.25, 0.3) is 5.69 Å². The van der Waals surface area contributed by atoms with E-state index in [2.05, 4.69) is 10.4 Å². The van der Waals surface area contributed by atoms with Gasteiger partial charge in [0.15, 0.2) is 0 Å². The first-order valence-corrected chi connectivity index (χ1v) is 8.95. The van der Waals surface area contributed by atoms with Gasteiger partial charge in [-0.15, -0.1) is 0 Å². The molecule has 0 spiro atoms. The lowest BCUT2D eigenvalue weighted by Crippen LogP contribution is -2.14. The Morgan fingerprint density at radius 3 is 2.32 bits per heavy atom. The van der Waals surface area contributed by atoms with Crippen molar-refractivity contribution in [3.63, 3.8) is 0 Å². The van der Waals surface area contributed by atoms with Gasteiger partial charge in [0.2, 0.25) is 10.0 Å². The van der Waals surface area contributed by atoms with Crippen LogP contribution < -0.4 is 10.5 Å². The molecule has 0 unspecified atom stereocenters. The highest BCUT2D eigenvalue weighted by Crippen LogP contribution is 2.17. The Balaban J connectivity index is 1.82. The lowest BCUT2D eigenvalue weighted by molar-refractivity contribution is 0.102. The number of para-hydroxylation sites is 1. The zero-order valence-electron chi connectivity index (χ0n) is 13.4. The van der Waals surface area contributed by atoms with Crippen LogP contribution in [0.15, 0.2) is 65.7 Å². The van der Waals surface area contributed by atoms with Crippen molar-refractivity contribution in [1.82, 2.24) is 9.78 Å². The largest absolute Gasteiger partial charge is 0.322 e. The summed E-state index contributed by atoms with van der Waals surface area (Å²) in [6.45, 7) is 1.80. The first-order chi connectivity index (χ1) is 11.9. The second-order valence-corrected chi connectivity index (χ2v) is 6.98. The van der Waals surface area contributed by atoms with Crippen LogP contribution in [-0.2, 0) is 10.0 Å². The first kappa shape index (κ1) is 16.9. The molecule has 128 valence electrons. The van der Waals surface area contributed by atoms with Crippen molar-refractivity contribution in [3.05, 3.63) is 72.1 Å². The summed E-state index contributed by atoms with van der Waals surface area (Å²) < 4.78 is 24.2. The third-order valence-electron chi connectivity index (χ3n) is 3.70. The third kappa shape index (κ3) is 3.59. The Morgan fingerprint density at radius 2 is 1.72 bits per heavy atom. The fourth-order valence-electron chi connectivity index (χ4n) is 2.39. The number of carbonyl (C=O) groups is 1.